The quantitative estimate of drug-likeness (QED) is 0.895. The molecule has 3 nitrogen and oxygen atoms in total. The predicted octanol–water partition coefficient (Wildman–Crippen LogP) is 1.78. The molecule has 0 bridgehead atoms. The van der Waals surface area contributed by atoms with E-state index < -0.39 is 0 Å². The SMILES string of the molecule is C[C@@H]1S[C@H](c2ccc(F)cc2)N(CCO)C1=O. The number of nitrogens with zero attached hydrogens (tertiary/aromatic N) is 1. The van der Waals surface area contributed by atoms with Crippen molar-refractivity contribution in [1.29, 1.82) is 0 Å². The molecule has 1 saturated heterocycles. The Balaban J connectivity index is 2.24. The Bertz CT molecular complexity index is 409. The standard InChI is InChI=1S/C12H14FNO2S/c1-8-11(16)14(6-7-15)12(17-8)9-2-4-10(13)5-3-9/h2-5,8,12,15H,6-7H2,1H3/t8-,12+/m0/s1. The first kappa shape index (κ1) is 12.4. The minimum absolute atomic E-state index is 0.0263. The van der Waals surface area contributed by atoms with Gasteiger partial charge in [-0.15, -0.1) is 11.8 Å². The van der Waals surface area contributed by atoms with E-state index >= 15 is 0 Å². The smallest absolute Gasteiger partial charge is 0.236 e. The number of carbonyl (C=O) groups is 1. The third kappa shape index (κ3) is 2.45. The summed E-state index contributed by atoms with van der Waals surface area (Å²) in [5, 5.41) is 8.74. The first-order chi connectivity index (χ1) is 8.13. The summed E-state index contributed by atoms with van der Waals surface area (Å²) >= 11 is 1.52. The molecule has 0 saturated carbocycles. The van der Waals surface area contributed by atoms with Crippen LogP contribution in [0.25, 0.3) is 0 Å². The number of amides is 1. The molecule has 1 heterocycles. The van der Waals surface area contributed by atoms with Crippen molar-refractivity contribution < 1.29 is 14.3 Å². The maximum absolute atomic E-state index is 12.8. The lowest BCUT2D eigenvalue weighted by atomic mass is 10.2. The number of thioether (sulfide) groups is 1. The molecule has 0 spiro atoms. The monoisotopic (exact) mass is 255 g/mol. The molecule has 0 unspecified atom stereocenters. The van der Waals surface area contributed by atoms with E-state index in [1.54, 1.807) is 17.0 Å². The summed E-state index contributed by atoms with van der Waals surface area (Å²) in [6.07, 6.45) is 0. The lowest BCUT2D eigenvalue weighted by Crippen LogP contribution is -2.32. The zero-order valence-electron chi connectivity index (χ0n) is 9.47. The van der Waals surface area contributed by atoms with Gasteiger partial charge in [-0.05, 0) is 24.6 Å². The Labute approximate surface area is 104 Å². The molecule has 1 amide bonds. The van der Waals surface area contributed by atoms with Crippen molar-refractivity contribution in [2.45, 2.75) is 17.5 Å². The van der Waals surface area contributed by atoms with Gasteiger partial charge in [-0.3, -0.25) is 4.79 Å². The van der Waals surface area contributed by atoms with Crippen LogP contribution in [0.3, 0.4) is 0 Å². The van der Waals surface area contributed by atoms with Crippen molar-refractivity contribution in [3.05, 3.63) is 35.6 Å². The Morgan fingerprint density at radius 2 is 2.06 bits per heavy atom. The van der Waals surface area contributed by atoms with E-state index in [1.165, 1.54) is 23.9 Å². The van der Waals surface area contributed by atoms with E-state index in [-0.39, 0.29) is 29.0 Å². The van der Waals surface area contributed by atoms with Crippen molar-refractivity contribution in [2.75, 3.05) is 13.2 Å². The van der Waals surface area contributed by atoms with Gasteiger partial charge in [0.05, 0.1) is 11.9 Å². The average molecular weight is 255 g/mol. The molecular weight excluding hydrogens is 241 g/mol. The number of benzene rings is 1. The van der Waals surface area contributed by atoms with Crippen LogP contribution < -0.4 is 0 Å². The Kier molecular flexibility index (Phi) is 3.69. The van der Waals surface area contributed by atoms with Gasteiger partial charge in [-0.25, -0.2) is 4.39 Å². The van der Waals surface area contributed by atoms with Gasteiger partial charge in [0.1, 0.15) is 11.2 Å². The lowest BCUT2D eigenvalue weighted by molar-refractivity contribution is -0.130. The maximum atomic E-state index is 12.8. The first-order valence-corrected chi connectivity index (χ1v) is 6.40. The van der Waals surface area contributed by atoms with Crippen LogP contribution in [0.5, 0.6) is 0 Å². The lowest BCUT2D eigenvalue weighted by Gasteiger charge is -2.23. The highest BCUT2D eigenvalue weighted by Crippen LogP contribution is 2.42. The summed E-state index contributed by atoms with van der Waals surface area (Å²) in [4.78, 5) is 13.5. The number of halogens is 1. The van der Waals surface area contributed by atoms with Crippen LogP contribution in [-0.2, 0) is 4.79 Å². The summed E-state index contributed by atoms with van der Waals surface area (Å²) in [6, 6.07) is 6.15. The molecule has 1 aromatic carbocycles. The van der Waals surface area contributed by atoms with Gasteiger partial charge in [0.15, 0.2) is 0 Å². The molecule has 5 heteroatoms. The fraction of sp³-hybridized carbons (Fsp3) is 0.417. The number of carbonyl (C=O) groups excluding carboxylic acids is 1. The van der Waals surface area contributed by atoms with Crippen LogP contribution in [0.1, 0.15) is 17.9 Å². The number of aliphatic hydroxyl groups is 1. The molecule has 2 atom stereocenters. The van der Waals surface area contributed by atoms with Crippen molar-refractivity contribution >= 4 is 17.7 Å². The predicted molar refractivity (Wildman–Crippen MR) is 65.0 cm³/mol. The molecule has 92 valence electrons. The number of β-amino-alcohol motifs (C(OH)–C–C–N with tert-alkyl or cyclic N) is 1. The van der Waals surface area contributed by atoms with Crippen LogP contribution in [0, 0.1) is 5.82 Å². The fourth-order valence-corrected chi connectivity index (χ4v) is 3.20. The van der Waals surface area contributed by atoms with Gasteiger partial charge in [0.2, 0.25) is 5.91 Å². The third-order valence-electron chi connectivity index (χ3n) is 2.74. The fourth-order valence-electron chi connectivity index (χ4n) is 1.90. The van der Waals surface area contributed by atoms with Crippen molar-refractivity contribution in [2.24, 2.45) is 0 Å². The Morgan fingerprint density at radius 1 is 1.41 bits per heavy atom. The summed E-state index contributed by atoms with van der Waals surface area (Å²) in [5.41, 5.74) is 0.891. The molecule has 17 heavy (non-hydrogen) atoms. The first-order valence-electron chi connectivity index (χ1n) is 5.45. The van der Waals surface area contributed by atoms with Gasteiger partial charge in [-0.1, -0.05) is 12.1 Å². The summed E-state index contributed by atoms with van der Waals surface area (Å²) in [5.74, 6) is -0.261. The zero-order valence-corrected chi connectivity index (χ0v) is 10.3. The van der Waals surface area contributed by atoms with Gasteiger partial charge < -0.3 is 10.0 Å². The molecular formula is C12H14FNO2S. The van der Waals surface area contributed by atoms with Crippen LogP contribution in [0.4, 0.5) is 4.39 Å². The van der Waals surface area contributed by atoms with Gasteiger partial charge in [0, 0.05) is 6.54 Å². The molecule has 1 aliphatic rings. The number of hydrogen-bond donors (Lipinski definition) is 1. The van der Waals surface area contributed by atoms with E-state index in [9.17, 15) is 9.18 Å². The molecule has 1 aliphatic heterocycles. The highest BCUT2D eigenvalue weighted by atomic mass is 32.2. The van der Waals surface area contributed by atoms with Gasteiger partial charge >= 0.3 is 0 Å². The zero-order chi connectivity index (χ0) is 12.4. The molecule has 2 rings (SSSR count). The molecule has 0 radical (unpaired) electrons. The van der Waals surface area contributed by atoms with E-state index in [0.29, 0.717) is 6.54 Å². The molecule has 1 aromatic rings. The minimum Gasteiger partial charge on any atom is -0.395 e. The minimum atomic E-state index is -0.287. The van der Waals surface area contributed by atoms with Crippen LogP contribution in [0.2, 0.25) is 0 Å². The molecule has 0 aliphatic carbocycles. The topological polar surface area (TPSA) is 40.5 Å². The number of hydrogen-bond acceptors (Lipinski definition) is 3. The van der Waals surface area contributed by atoms with Gasteiger partial charge in [0.25, 0.3) is 0 Å². The second-order valence-corrected chi connectivity index (χ2v) is 5.36. The number of rotatable bonds is 3. The van der Waals surface area contributed by atoms with E-state index in [0.717, 1.165) is 5.56 Å². The Hall–Kier alpha value is -1.07. The van der Waals surface area contributed by atoms with E-state index in [2.05, 4.69) is 0 Å². The molecule has 0 aromatic heterocycles. The summed E-state index contributed by atoms with van der Waals surface area (Å²) in [6.45, 7) is 2.11. The highest BCUT2D eigenvalue weighted by molar-refractivity contribution is 8.01. The molecule has 1 fully saturated rings. The van der Waals surface area contributed by atoms with E-state index in [1.807, 2.05) is 6.92 Å². The highest BCUT2D eigenvalue weighted by Gasteiger charge is 2.37. The second-order valence-electron chi connectivity index (χ2n) is 3.94. The largest absolute Gasteiger partial charge is 0.395 e. The second kappa shape index (κ2) is 5.06. The summed E-state index contributed by atoms with van der Waals surface area (Å²) < 4.78 is 12.8. The van der Waals surface area contributed by atoms with Gasteiger partial charge in [-0.2, -0.15) is 0 Å². The maximum Gasteiger partial charge on any atom is 0.236 e. The normalized spacial score (nSPS) is 24.4. The average Bonchev–Trinajstić information content (AvgIpc) is 2.59. The van der Waals surface area contributed by atoms with Crippen LogP contribution in [-0.4, -0.2) is 34.3 Å². The van der Waals surface area contributed by atoms with Crippen LogP contribution >= 0.6 is 11.8 Å². The third-order valence-corrected chi connectivity index (χ3v) is 4.14. The molecule has 1 N–H and O–H groups in total. The van der Waals surface area contributed by atoms with Crippen molar-refractivity contribution in [3.8, 4) is 0 Å². The van der Waals surface area contributed by atoms with E-state index in [4.69, 9.17) is 5.11 Å². The van der Waals surface area contributed by atoms with Crippen LogP contribution in [0.15, 0.2) is 24.3 Å². The number of aliphatic hydroxyl groups excluding tert-OH is 1. The Morgan fingerprint density at radius 3 is 2.65 bits per heavy atom. The van der Waals surface area contributed by atoms with Crippen molar-refractivity contribution in [3.63, 3.8) is 0 Å². The summed E-state index contributed by atoms with van der Waals surface area (Å²) in [7, 11) is 0. The van der Waals surface area contributed by atoms with Crippen molar-refractivity contribution in [1.82, 2.24) is 4.90 Å².